The number of para-hydroxylation sites is 1. The number of methoxy groups -OCH3 is 1. The van der Waals surface area contributed by atoms with Gasteiger partial charge in [0.15, 0.2) is 0 Å². The molecule has 104 valence electrons. The lowest BCUT2D eigenvalue weighted by Crippen LogP contribution is -2.43. The molecule has 1 saturated heterocycles. The van der Waals surface area contributed by atoms with Crippen LogP contribution in [0.3, 0.4) is 0 Å². The van der Waals surface area contributed by atoms with E-state index in [1.165, 1.54) is 0 Å². The monoisotopic (exact) mass is 263 g/mol. The van der Waals surface area contributed by atoms with Crippen molar-refractivity contribution in [2.75, 3.05) is 20.2 Å². The van der Waals surface area contributed by atoms with Gasteiger partial charge in [-0.25, -0.2) is 0 Å². The number of aliphatic hydroxyl groups excluding tert-OH is 1. The van der Waals surface area contributed by atoms with E-state index in [1.54, 1.807) is 26.2 Å². The minimum Gasteiger partial charge on any atom is -0.496 e. The normalized spacial score (nSPS) is 21.0. The summed E-state index contributed by atoms with van der Waals surface area (Å²) in [5.41, 5.74) is 0.594. The van der Waals surface area contributed by atoms with E-state index in [0.29, 0.717) is 17.9 Å². The highest BCUT2D eigenvalue weighted by Gasteiger charge is 2.28. The van der Waals surface area contributed by atoms with Gasteiger partial charge < -0.3 is 14.7 Å². The number of carbonyl (C=O) groups is 1. The smallest absolute Gasteiger partial charge is 0.257 e. The Morgan fingerprint density at radius 1 is 1.47 bits per heavy atom. The SMILES string of the molecule is COc1ccccc1C(=O)N1CCCC(C(C)O)C1. The lowest BCUT2D eigenvalue weighted by atomic mass is 9.93. The van der Waals surface area contributed by atoms with E-state index in [-0.39, 0.29) is 17.9 Å². The summed E-state index contributed by atoms with van der Waals surface area (Å²) >= 11 is 0. The molecule has 2 unspecified atom stereocenters. The van der Waals surface area contributed by atoms with Crippen LogP contribution in [-0.2, 0) is 0 Å². The second-order valence-corrected chi connectivity index (χ2v) is 5.09. The zero-order chi connectivity index (χ0) is 13.8. The van der Waals surface area contributed by atoms with Gasteiger partial charge in [0.05, 0.1) is 18.8 Å². The zero-order valence-corrected chi connectivity index (χ0v) is 11.5. The average Bonchev–Trinajstić information content (AvgIpc) is 2.46. The van der Waals surface area contributed by atoms with Crippen molar-refractivity contribution in [3.8, 4) is 5.75 Å². The first kappa shape index (κ1) is 13.9. The standard InChI is InChI=1S/C15H21NO3/c1-11(17)12-6-5-9-16(10-12)15(18)13-7-3-4-8-14(13)19-2/h3-4,7-8,11-12,17H,5-6,9-10H2,1-2H3. The highest BCUT2D eigenvalue weighted by Crippen LogP contribution is 2.24. The second-order valence-electron chi connectivity index (χ2n) is 5.09. The van der Waals surface area contributed by atoms with Gasteiger partial charge in [0.1, 0.15) is 5.75 Å². The van der Waals surface area contributed by atoms with Crippen LogP contribution < -0.4 is 4.74 Å². The highest BCUT2D eigenvalue weighted by atomic mass is 16.5. The Morgan fingerprint density at radius 2 is 2.21 bits per heavy atom. The van der Waals surface area contributed by atoms with Crippen LogP contribution in [0.2, 0.25) is 0 Å². The van der Waals surface area contributed by atoms with Gasteiger partial charge in [-0.15, -0.1) is 0 Å². The molecule has 19 heavy (non-hydrogen) atoms. The van der Waals surface area contributed by atoms with Crippen molar-refractivity contribution >= 4 is 5.91 Å². The quantitative estimate of drug-likeness (QED) is 0.906. The molecule has 0 radical (unpaired) electrons. The van der Waals surface area contributed by atoms with E-state index >= 15 is 0 Å². The zero-order valence-electron chi connectivity index (χ0n) is 11.5. The first-order valence-corrected chi connectivity index (χ1v) is 6.74. The van der Waals surface area contributed by atoms with E-state index in [0.717, 1.165) is 19.4 Å². The van der Waals surface area contributed by atoms with Crippen molar-refractivity contribution in [3.63, 3.8) is 0 Å². The minimum atomic E-state index is -0.367. The number of aliphatic hydroxyl groups is 1. The van der Waals surface area contributed by atoms with Crippen LogP contribution in [-0.4, -0.2) is 42.2 Å². The number of carbonyl (C=O) groups excluding carboxylic acids is 1. The number of ether oxygens (including phenoxy) is 1. The molecule has 1 aliphatic heterocycles. The summed E-state index contributed by atoms with van der Waals surface area (Å²) in [5, 5.41) is 9.69. The predicted molar refractivity (Wildman–Crippen MR) is 73.3 cm³/mol. The van der Waals surface area contributed by atoms with Crippen molar-refractivity contribution in [2.45, 2.75) is 25.9 Å². The maximum Gasteiger partial charge on any atom is 0.257 e. The summed E-state index contributed by atoms with van der Waals surface area (Å²) in [5.74, 6) is 0.766. The molecule has 2 atom stereocenters. The average molecular weight is 263 g/mol. The maximum atomic E-state index is 12.5. The van der Waals surface area contributed by atoms with Crippen LogP contribution in [0.4, 0.5) is 0 Å². The Labute approximate surface area is 114 Å². The molecule has 1 aromatic carbocycles. The molecule has 1 fully saturated rings. The summed E-state index contributed by atoms with van der Waals surface area (Å²) in [4.78, 5) is 14.3. The van der Waals surface area contributed by atoms with Gasteiger partial charge in [-0.1, -0.05) is 12.1 Å². The first-order chi connectivity index (χ1) is 9.13. The van der Waals surface area contributed by atoms with Gasteiger partial charge >= 0.3 is 0 Å². The fourth-order valence-corrected chi connectivity index (χ4v) is 2.58. The Kier molecular flexibility index (Phi) is 4.43. The molecule has 4 nitrogen and oxygen atoms in total. The van der Waals surface area contributed by atoms with Gasteiger partial charge in [-0.3, -0.25) is 4.79 Å². The largest absolute Gasteiger partial charge is 0.496 e. The fraction of sp³-hybridized carbons (Fsp3) is 0.533. The molecule has 0 bridgehead atoms. The molecule has 0 saturated carbocycles. The van der Waals surface area contributed by atoms with Gasteiger partial charge in [-0.2, -0.15) is 0 Å². The van der Waals surface area contributed by atoms with Crippen molar-refractivity contribution < 1.29 is 14.6 Å². The number of amides is 1. The Hall–Kier alpha value is -1.55. The summed E-state index contributed by atoms with van der Waals surface area (Å²) < 4.78 is 5.23. The van der Waals surface area contributed by atoms with Gasteiger partial charge in [-0.05, 0) is 31.9 Å². The Morgan fingerprint density at radius 3 is 2.89 bits per heavy atom. The van der Waals surface area contributed by atoms with Crippen LogP contribution in [0.1, 0.15) is 30.1 Å². The molecule has 1 aliphatic rings. The van der Waals surface area contributed by atoms with Crippen LogP contribution in [0.5, 0.6) is 5.75 Å². The maximum absolute atomic E-state index is 12.5. The highest BCUT2D eigenvalue weighted by molar-refractivity contribution is 5.97. The number of hydrogen-bond acceptors (Lipinski definition) is 3. The van der Waals surface area contributed by atoms with E-state index in [9.17, 15) is 9.90 Å². The molecule has 2 rings (SSSR count). The summed E-state index contributed by atoms with van der Waals surface area (Å²) in [6, 6.07) is 7.27. The van der Waals surface area contributed by atoms with Crippen LogP contribution in [0.15, 0.2) is 24.3 Å². The Bertz CT molecular complexity index is 445. The molecule has 0 aromatic heterocycles. The number of rotatable bonds is 3. The van der Waals surface area contributed by atoms with Crippen LogP contribution >= 0.6 is 0 Å². The lowest BCUT2D eigenvalue weighted by molar-refractivity contribution is 0.0464. The van der Waals surface area contributed by atoms with Crippen LogP contribution in [0, 0.1) is 5.92 Å². The third-order valence-electron chi connectivity index (χ3n) is 3.76. The number of benzene rings is 1. The first-order valence-electron chi connectivity index (χ1n) is 6.74. The van der Waals surface area contributed by atoms with Crippen molar-refractivity contribution in [1.82, 2.24) is 4.90 Å². The Balaban J connectivity index is 2.15. The molecule has 4 heteroatoms. The van der Waals surface area contributed by atoms with Gasteiger partial charge in [0.2, 0.25) is 0 Å². The lowest BCUT2D eigenvalue weighted by Gasteiger charge is -2.34. The molecule has 1 amide bonds. The summed E-state index contributed by atoms with van der Waals surface area (Å²) in [6.45, 7) is 3.16. The third-order valence-corrected chi connectivity index (χ3v) is 3.76. The summed E-state index contributed by atoms with van der Waals surface area (Å²) in [6.07, 6.45) is 1.55. The van der Waals surface area contributed by atoms with E-state index in [2.05, 4.69) is 0 Å². The molecule has 1 aromatic rings. The van der Waals surface area contributed by atoms with Crippen LogP contribution in [0.25, 0.3) is 0 Å². The van der Waals surface area contributed by atoms with E-state index < -0.39 is 0 Å². The third kappa shape index (κ3) is 3.07. The minimum absolute atomic E-state index is 0.0113. The number of hydrogen-bond donors (Lipinski definition) is 1. The fourth-order valence-electron chi connectivity index (χ4n) is 2.58. The molecule has 0 spiro atoms. The van der Waals surface area contributed by atoms with E-state index in [4.69, 9.17) is 4.74 Å². The topological polar surface area (TPSA) is 49.8 Å². The van der Waals surface area contributed by atoms with Gasteiger partial charge in [0.25, 0.3) is 5.91 Å². The number of nitrogens with zero attached hydrogens (tertiary/aromatic N) is 1. The van der Waals surface area contributed by atoms with E-state index in [1.807, 2.05) is 17.0 Å². The molecular formula is C15H21NO3. The van der Waals surface area contributed by atoms with Crippen molar-refractivity contribution in [3.05, 3.63) is 29.8 Å². The number of piperidine rings is 1. The molecule has 1 N–H and O–H groups in total. The van der Waals surface area contributed by atoms with Crippen molar-refractivity contribution in [1.29, 1.82) is 0 Å². The van der Waals surface area contributed by atoms with Crippen molar-refractivity contribution in [2.24, 2.45) is 5.92 Å². The molecule has 0 aliphatic carbocycles. The predicted octanol–water partition coefficient (Wildman–Crippen LogP) is 1.93. The summed E-state index contributed by atoms with van der Waals surface area (Å²) in [7, 11) is 1.57. The number of likely N-dealkylation sites (tertiary alicyclic amines) is 1. The second kappa shape index (κ2) is 6.06. The van der Waals surface area contributed by atoms with Gasteiger partial charge in [0, 0.05) is 19.0 Å². The molecular weight excluding hydrogens is 242 g/mol. The molecule has 1 heterocycles.